The lowest BCUT2D eigenvalue weighted by Gasteiger charge is -2.08. The van der Waals surface area contributed by atoms with Gasteiger partial charge in [-0.05, 0) is 44.0 Å². The lowest BCUT2D eigenvalue weighted by atomic mass is 10.0. The maximum Gasteiger partial charge on any atom is 0.295 e. The molecule has 26 heavy (non-hydrogen) atoms. The summed E-state index contributed by atoms with van der Waals surface area (Å²) in [6, 6.07) is 15.4. The van der Waals surface area contributed by atoms with E-state index in [2.05, 4.69) is 11.4 Å². The molecule has 1 N–H and O–H groups in total. The minimum atomic E-state index is -0.231. The van der Waals surface area contributed by atoms with Crippen LogP contribution in [-0.2, 0) is 18.3 Å². The molecule has 0 aliphatic heterocycles. The summed E-state index contributed by atoms with van der Waals surface area (Å²) < 4.78 is 3.31. The minimum Gasteiger partial charge on any atom is -0.320 e. The number of carbonyl (C=O) groups is 1. The van der Waals surface area contributed by atoms with Crippen molar-refractivity contribution in [3.05, 3.63) is 81.3 Å². The molecule has 1 aromatic heterocycles. The van der Waals surface area contributed by atoms with E-state index in [4.69, 9.17) is 0 Å². The highest BCUT2D eigenvalue weighted by atomic mass is 16.2. The number of rotatable bonds is 4. The number of nitrogens with zero attached hydrogens (tertiary/aromatic N) is 2. The molecule has 0 saturated carbocycles. The van der Waals surface area contributed by atoms with Gasteiger partial charge in [0.15, 0.2) is 0 Å². The second kappa shape index (κ2) is 7.04. The van der Waals surface area contributed by atoms with Crippen LogP contribution in [0.5, 0.6) is 0 Å². The molecule has 3 rings (SSSR count). The molecular weight excluding hydrogens is 326 g/mol. The number of amides is 1. The van der Waals surface area contributed by atoms with Gasteiger partial charge in [0.05, 0.1) is 17.8 Å². The van der Waals surface area contributed by atoms with E-state index in [9.17, 15) is 9.59 Å². The maximum atomic E-state index is 12.8. The molecule has 1 amide bonds. The zero-order valence-corrected chi connectivity index (χ0v) is 15.5. The Labute approximate surface area is 152 Å². The average molecular weight is 349 g/mol. The normalized spacial score (nSPS) is 10.8. The first-order chi connectivity index (χ1) is 12.4. The highest BCUT2D eigenvalue weighted by Crippen LogP contribution is 2.16. The molecule has 0 bridgehead atoms. The highest BCUT2D eigenvalue weighted by molar-refractivity contribution is 5.92. The third-order valence-electron chi connectivity index (χ3n) is 4.67. The monoisotopic (exact) mass is 349 g/mol. The predicted octanol–water partition coefficient (Wildman–Crippen LogP) is 3.28. The van der Waals surface area contributed by atoms with Gasteiger partial charge in [0.2, 0.25) is 5.91 Å². The van der Waals surface area contributed by atoms with Crippen LogP contribution in [0, 0.1) is 20.8 Å². The van der Waals surface area contributed by atoms with Crippen molar-refractivity contribution in [3.63, 3.8) is 0 Å². The van der Waals surface area contributed by atoms with Crippen molar-refractivity contribution in [1.82, 2.24) is 9.36 Å². The molecule has 0 atom stereocenters. The summed E-state index contributed by atoms with van der Waals surface area (Å²) in [6.07, 6.45) is 0.241. The van der Waals surface area contributed by atoms with Crippen LogP contribution < -0.4 is 10.9 Å². The Balaban J connectivity index is 1.88. The second-order valence-electron chi connectivity index (χ2n) is 6.59. The van der Waals surface area contributed by atoms with Crippen molar-refractivity contribution in [2.45, 2.75) is 27.2 Å². The van der Waals surface area contributed by atoms with Crippen LogP contribution in [0.15, 0.2) is 53.3 Å². The number of aryl methyl sites for hydroxylation is 2. The molecule has 5 nitrogen and oxygen atoms in total. The van der Waals surface area contributed by atoms with E-state index < -0.39 is 0 Å². The zero-order chi connectivity index (χ0) is 18.8. The minimum absolute atomic E-state index is 0.192. The number of hydrogen-bond donors (Lipinski definition) is 1. The zero-order valence-electron chi connectivity index (χ0n) is 15.5. The summed E-state index contributed by atoms with van der Waals surface area (Å²) in [6.45, 7) is 5.84. The van der Waals surface area contributed by atoms with Gasteiger partial charge in [0.1, 0.15) is 5.69 Å². The summed E-state index contributed by atoms with van der Waals surface area (Å²) >= 11 is 0. The van der Waals surface area contributed by atoms with Crippen molar-refractivity contribution in [2.24, 2.45) is 7.05 Å². The molecule has 0 saturated heterocycles. The van der Waals surface area contributed by atoms with E-state index in [1.165, 1.54) is 0 Å². The van der Waals surface area contributed by atoms with Crippen molar-refractivity contribution in [2.75, 3.05) is 5.32 Å². The van der Waals surface area contributed by atoms with Crippen molar-refractivity contribution in [1.29, 1.82) is 0 Å². The first-order valence-electron chi connectivity index (χ1n) is 8.58. The summed E-state index contributed by atoms with van der Waals surface area (Å²) in [5, 5.41) is 2.81. The van der Waals surface area contributed by atoms with Crippen LogP contribution in [0.1, 0.15) is 22.4 Å². The molecule has 134 valence electrons. The van der Waals surface area contributed by atoms with Gasteiger partial charge in [-0.3, -0.25) is 14.3 Å². The molecule has 1 heterocycles. The van der Waals surface area contributed by atoms with Gasteiger partial charge in [0.25, 0.3) is 5.56 Å². The lowest BCUT2D eigenvalue weighted by molar-refractivity contribution is -0.115. The van der Waals surface area contributed by atoms with Crippen LogP contribution in [0.25, 0.3) is 5.69 Å². The van der Waals surface area contributed by atoms with Gasteiger partial charge in [0, 0.05) is 7.05 Å². The van der Waals surface area contributed by atoms with E-state index >= 15 is 0 Å². The van der Waals surface area contributed by atoms with Gasteiger partial charge in [-0.1, -0.05) is 42.0 Å². The van der Waals surface area contributed by atoms with Crippen molar-refractivity contribution in [3.8, 4) is 5.69 Å². The Kier molecular flexibility index (Phi) is 4.80. The van der Waals surface area contributed by atoms with E-state index in [1.807, 2.05) is 70.3 Å². The molecule has 0 spiro atoms. The number of carbonyl (C=O) groups excluding carboxylic acids is 1. The first kappa shape index (κ1) is 17.7. The fraction of sp³-hybridized carbons (Fsp3) is 0.238. The van der Waals surface area contributed by atoms with Gasteiger partial charge in [-0.25, -0.2) is 4.68 Å². The first-order valence-corrected chi connectivity index (χ1v) is 8.58. The lowest BCUT2D eigenvalue weighted by Crippen LogP contribution is -2.23. The Morgan fingerprint density at radius 3 is 2.38 bits per heavy atom. The smallest absolute Gasteiger partial charge is 0.295 e. The molecule has 0 unspecified atom stereocenters. The van der Waals surface area contributed by atoms with Gasteiger partial charge >= 0.3 is 0 Å². The van der Waals surface area contributed by atoms with Gasteiger partial charge in [-0.15, -0.1) is 0 Å². The quantitative estimate of drug-likeness (QED) is 0.786. The number of hydrogen-bond acceptors (Lipinski definition) is 2. The molecule has 3 aromatic rings. The van der Waals surface area contributed by atoms with Gasteiger partial charge < -0.3 is 5.32 Å². The highest BCUT2D eigenvalue weighted by Gasteiger charge is 2.18. The second-order valence-corrected chi connectivity index (χ2v) is 6.59. The van der Waals surface area contributed by atoms with Crippen molar-refractivity contribution < 1.29 is 4.79 Å². The third-order valence-corrected chi connectivity index (χ3v) is 4.67. The fourth-order valence-electron chi connectivity index (χ4n) is 3.11. The average Bonchev–Trinajstić information content (AvgIpc) is 2.82. The molecular formula is C21H23N3O2. The third kappa shape index (κ3) is 3.33. The topological polar surface area (TPSA) is 56.0 Å². The molecule has 0 fully saturated rings. The van der Waals surface area contributed by atoms with E-state index in [0.29, 0.717) is 11.4 Å². The number of benzene rings is 2. The number of aromatic nitrogens is 2. The van der Waals surface area contributed by atoms with Crippen LogP contribution in [0.4, 0.5) is 5.69 Å². The summed E-state index contributed by atoms with van der Waals surface area (Å²) in [5.74, 6) is -0.192. The number of anilines is 1. The molecule has 5 heteroatoms. The fourth-order valence-corrected chi connectivity index (χ4v) is 3.11. The van der Waals surface area contributed by atoms with Crippen LogP contribution in [-0.4, -0.2) is 15.3 Å². The summed E-state index contributed by atoms with van der Waals surface area (Å²) in [4.78, 5) is 25.3. The number of nitrogens with one attached hydrogen (secondary N) is 1. The standard InChI is InChI=1S/C21H23N3O2/c1-14-10-11-17(15(2)12-14)13-19(25)22-20-16(3)23(4)24(21(20)26)18-8-6-5-7-9-18/h5-12H,13H2,1-4H3,(H,22,25). The van der Waals surface area contributed by atoms with Crippen LogP contribution in [0.3, 0.4) is 0 Å². The van der Waals surface area contributed by atoms with E-state index in [1.54, 1.807) is 9.36 Å². The molecule has 0 radical (unpaired) electrons. The van der Waals surface area contributed by atoms with E-state index in [0.717, 1.165) is 22.4 Å². The summed E-state index contributed by atoms with van der Waals surface area (Å²) in [7, 11) is 1.81. The maximum absolute atomic E-state index is 12.8. The van der Waals surface area contributed by atoms with Crippen LogP contribution >= 0.6 is 0 Å². The Morgan fingerprint density at radius 1 is 1.04 bits per heavy atom. The largest absolute Gasteiger partial charge is 0.320 e. The van der Waals surface area contributed by atoms with E-state index in [-0.39, 0.29) is 17.9 Å². The Bertz CT molecular complexity index is 1010. The summed E-state index contributed by atoms with van der Waals surface area (Å²) in [5.41, 5.74) is 4.77. The molecule has 2 aromatic carbocycles. The molecule has 0 aliphatic rings. The molecule has 0 aliphatic carbocycles. The van der Waals surface area contributed by atoms with Crippen molar-refractivity contribution >= 4 is 11.6 Å². The Morgan fingerprint density at radius 2 is 1.73 bits per heavy atom. The Hall–Kier alpha value is -3.08. The van der Waals surface area contributed by atoms with Gasteiger partial charge in [-0.2, -0.15) is 0 Å². The number of para-hydroxylation sites is 1. The SMILES string of the molecule is Cc1ccc(CC(=O)Nc2c(C)n(C)n(-c3ccccc3)c2=O)c(C)c1. The predicted molar refractivity (Wildman–Crippen MR) is 104 cm³/mol. The van der Waals surface area contributed by atoms with Crippen LogP contribution in [0.2, 0.25) is 0 Å².